The van der Waals surface area contributed by atoms with Crippen LogP contribution < -0.4 is 5.32 Å². The van der Waals surface area contributed by atoms with E-state index in [0.29, 0.717) is 12.0 Å². The summed E-state index contributed by atoms with van der Waals surface area (Å²) >= 11 is 0. The first kappa shape index (κ1) is 14.0. The minimum Gasteiger partial charge on any atom is -0.508 e. The number of aliphatic carboxylic acids is 1. The number of carboxylic acids is 1. The SMILES string of the molecule is CC(C)CC(NC(=O)c1ccc(O)cc1)C(=O)O. The number of carbonyl (C=O) groups is 2. The van der Waals surface area contributed by atoms with Crippen molar-refractivity contribution < 1.29 is 19.8 Å². The van der Waals surface area contributed by atoms with Crippen LogP contribution >= 0.6 is 0 Å². The topological polar surface area (TPSA) is 86.6 Å². The van der Waals surface area contributed by atoms with Crippen molar-refractivity contribution >= 4 is 11.9 Å². The molecule has 0 aliphatic rings. The van der Waals surface area contributed by atoms with Crippen LogP contribution in [0, 0.1) is 5.92 Å². The van der Waals surface area contributed by atoms with Gasteiger partial charge in [-0.1, -0.05) is 13.8 Å². The van der Waals surface area contributed by atoms with Crippen LogP contribution in [0.15, 0.2) is 24.3 Å². The van der Waals surface area contributed by atoms with Gasteiger partial charge in [0.2, 0.25) is 0 Å². The molecule has 0 saturated heterocycles. The van der Waals surface area contributed by atoms with E-state index in [1.807, 2.05) is 13.8 Å². The maximum absolute atomic E-state index is 11.8. The van der Waals surface area contributed by atoms with Crippen LogP contribution in [-0.2, 0) is 4.79 Å². The molecule has 0 aliphatic carbocycles. The van der Waals surface area contributed by atoms with E-state index in [0.717, 1.165) is 0 Å². The number of hydrogen-bond acceptors (Lipinski definition) is 3. The number of carbonyl (C=O) groups excluding carboxylic acids is 1. The second kappa shape index (κ2) is 6.05. The third-order valence-electron chi connectivity index (χ3n) is 2.44. The van der Waals surface area contributed by atoms with Gasteiger partial charge in [-0.3, -0.25) is 4.79 Å². The van der Waals surface area contributed by atoms with Crippen LogP contribution in [-0.4, -0.2) is 28.1 Å². The first-order valence-electron chi connectivity index (χ1n) is 5.73. The van der Waals surface area contributed by atoms with Crippen molar-refractivity contribution in [3.63, 3.8) is 0 Å². The Morgan fingerprint density at radius 1 is 1.22 bits per heavy atom. The van der Waals surface area contributed by atoms with E-state index in [4.69, 9.17) is 10.2 Å². The molecule has 1 aromatic carbocycles. The van der Waals surface area contributed by atoms with E-state index in [1.165, 1.54) is 24.3 Å². The zero-order chi connectivity index (χ0) is 13.7. The Morgan fingerprint density at radius 3 is 2.22 bits per heavy atom. The molecule has 5 heteroatoms. The molecule has 1 atom stereocenters. The molecular formula is C13H17NO4. The fraction of sp³-hybridized carbons (Fsp3) is 0.385. The summed E-state index contributed by atoms with van der Waals surface area (Å²) in [7, 11) is 0. The van der Waals surface area contributed by atoms with Gasteiger partial charge in [-0.05, 0) is 36.6 Å². The molecule has 0 heterocycles. The third-order valence-corrected chi connectivity index (χ3v) is 2.44. The Bertz CT molecular complexity index is 425. The Labute approximate surface area is 105 Å². The molecule has 1 unspecified atom stereocenters. The highest BCUT2D eigenvalue weighted by Crippen LogP contribution is 2.11. The average molecular weight is 251 g/mol. The Morgan fingerprint density at radius 2 is 1.78 bits per heavy atom. The minimum absolute atomic E-state index is 0.0588. The summed E-state index contributed by atoms with van der Waals surface area (Å²) < 4.78 is 0. The van der Waals surface area contributed by atoms with Crippen LogP contribution in [0.1, 0.15) is 30.6 Å². The normalized spacial score (nSPS) is 12.2. The van der Waals surface area contributed by atoms with E-state index in [9.17, 15) is 9.59 Å². The number of benzene rings is 1. The van der Waals surface area contributed by atoms with Crippen molar-refractivity contribution in [2.24, 2.45) is 5.92 Å². The molecule has 0 saturated carbocycles. The molecule has 18 heavy (non-hydrogen) atoms. The predicted molar refractivity (Wildman–Crippen MR) is 66.5 cm³/mol. The summed E-state index contributed by atoms with van der Waals surface area (Å²) in [5.74, 6) is -1.27. The lowest BCUT2D eigenvalue weighted by molar-refractivity contribution is -0.139. The van der Waals surface area contributed by atoms with Crippen LogP contribution in [0.5, 0.6) is 5.75 Å². The molecule has 0 fully saturated rings. The van der Waals surface area contributed by atoms with E-state index >= 15 is 0 Å². The monoisotopic (exact) mass is 251 g/mol. The van der Waals surface area contributed by atoms with E-state index in [2.05, 4.69) is 5.32 Å². The lowest BCUT2D eigenvalue weighted by Crippen LogP contribution is -2.41. The highest BCUT2D eigenvalue weighted by molar-refractivity contribution is 5.96. The van der Waals surface area contributed by atoms with Crippen LogP contribution in [0.2, 0.25) is 0 Å². The summed E-state index contributed by atoms with van der Waals surface area (Å²) in [5.41, 5.74) is 0.322. The number of phenols is 1. The van der Waals surface area contributed by atoms with Crippen molar-refractivity contribution in [3.8, 4) is 5.75 Å². The van der Waals surface area contributed by atoms with Gasteiger partial charge < -0.3 is 15.5 Å². The standard InChI is InChI=1S/C13H17NO4/c1-8(2)7-11(13(17)18)14-12(16)9-3-5-10(15)6-4-9/h3-6,8,11,15H,7H2,1-2H3,(H,14,16)(H,17,18). The number of amides is 1. The number of rotatable bonds is 5. The lowest BCUT2D eigenvalue weighted by Gasteiger charge is -2.16. The number of nitrogens with one attached hydrogen (secondary N) is 1. The summed E-state index contributed by atoms with van der Waals surface area (Å²) in [4.78, 5) is 22.8. The van der Waals surface area contributed by atoms with Gasteiger partial charge in [0.05, 0.1) is 0 Å². The molecule has 1 aromatic rings. The zero-order valence-corrected chi connectivity index (χ0v) is 10.4. The Balaban J connectivity index is 2.72. The number of phenolic OH excluding ortho intramolecular Hbond substituents is 1. The van der Waals surface area contributed by atoms with E-state index < -0.39 is 17.9 Å². The molecule has 0 aromatic heterocycles. The third kappa shape index (κ3) is 4.08. The van der Waals surface area contributed by atoms with Crippen molar-refractivity contribution in [1.82, 2.24) is 5.32 Å². The van der Waals surface area contributed by atoms with Crippen molar-refractivity contribution in [2.45, 2.75) is 26.3 Å². The average Bonchev–Trinajstić information content (AvgIpc) is 2.28. The second-order valence-corrected chi connectivity index (χ2v) is 4.54. The molecule has 1 amide bonds. The molecule has 0 spiro atoms. The van der Waals surface area contributed by atoms with Crippen LogP contribution in [0.4, 0.5) is 0 Å². The molecule has 98 valence electrons. The fourth-order valence-electron chi connectivity index (χ4n) is 1.55. The van der Waals surface area contributed by atoms with Gasteiger partial charge in [0.1, 0.15) is 11.8 Å². The summed E-state index contributed by atoms with van der Waals surface area (Å²) in [6.07, 6.45) is 0.374. The van der Waals surface area contributed by atoms with E-state index in [1.54, 1.807) is 0 Å². The van der Waals surface area contributed by atoms with Gasteiger partial charge in [-0.2, -0.15) is 0 Å². The Kier molecular flexibility index (Phi) is 4.71. The first-order chi connectivity index (χ1) is 8.40. The number of hydrogen-bond donors (Lipinski definition) is 3. The van der Waals surface area contributed by atoms with Gasteiger partial charge in [0.15, 0.2) is 0 Å². The van der Waals surface area contributed by atoms with Gasteiger partial charge in [-0.25, -0.2) is 4.79 Å². The number of aromatic hydroxyl groups is 1. The molecule has 0 radical (unpaired) electrons. The van der Waals surface area contributed by atoms with Crippen molar-refractivity contribution in [1.29, 1.82) is 0 Å². The van der Waals surface area contributed by atoms with Gasteiger partial charge in [0, 0.05) is 5.56 Å². The van der Waals surface area contributed by atoms with Gasteiger partial charge in [0.25, 0.3) is 5.91 Å². The second-order valence-electron chi connectivity index (χ2n) is 4.54. The minimum atomic E-state index is -1.05. The highest BCUT2D eigenvalue weighted by atomic mass is 16.4. The van der Waals surface area contributed by atoms with Gasteiger partial charge >= 0.3 is 5.97 Å². The maximum Gasteiger partial charge on any atom is 0.326 e. The molecule has 0 aliphatic heterocycles. The smallest absolute Gasteiger partial charge is 0.326 e. The molecular weight excluding hydrogens is 234 g/mol. The zero-order valence-electron chi connectivity index (χ0n) is 10.4. The van der Waals surface area contributed by atoms with E-state index in [-0.39, 0.29) is 11.7 Å². The van der Waals surface area contributed by atoms with Crippen LogP contribution in [0.3, 0.4) is 0 Å². The fourth-order valence-corrected chi connectivity index (χ4v) is 1.55. The molecule has 5 nitrogen and oxygen atoms in total. The molecule has 1 rings (SSSR count). The summed E-state index contributed by atoms with van der Waals surface area (Å²) in [5, 5.41) is 20.6. The van der Waals surface area contributed by atoms with Crippen molar-refractivity contribution in [3.05, 3.63) is 29.8 Å². The first-order valence-corrected chi connectivity index (χ1v) is 5.73. The Hall–Kier alpha value is -2.04. The number of carboxylic acid groups (broad SMARTS) is 1. The molecule has 0 bridgehead atoms. The van der Waals surface area contributed by atoms with Gasteiger partial charge in [-0.15, -0.1) is 0 Å². The quantitative estimate of drug-likeness (QED) is 0.742. The largest absolute Gasteiger partial charge is 0.508 e. The maximum atomic E-state index is 11.8. The molecule has 3 N–H and O–H groups in total. The van der Waals surface area contributed by atoms with Crippen molar-refractivity contribution in [2.75, 3.05) is 0 Å². The lowest BCUT2D eigenvalue weighted by atomic mass is 10.0. The van der Waals surface area contributed by atoms with Crippen LogP contribution in [0.25, 0.3) is 0 Å². The summed E-state index contributed by atoms with van der Waals surface area (Å²) in [6, 6.07) is 4.75. The predicted octanol–water partition coefficient (Wildman–Crippen LogP) is 1.62. The highest BCUT2D eigenvalue weighted by Gasteiger charge is 2.21. The summed E-state index contributed by atoms with van der Waals surface area (Å²) in [6.45, 7) is 3.78.